The summed E-state index contributed by atoms with van der Waals surface area (Å²) in [7, 11) is 3.12. The minimum absolute atomic E-state index is 0.180. The summed E-state index contributed by atoms with van der Waals surface area (Å²) in [6, 6.07) is 8.19. The highest BCUT2D eigenvalue weighted by atomic mass is 16.5. The number of rotatable bonds is 6. The molecule has 0 radical (unpaired) electrons. The highest BCUT2D eigenvalue weighted by Gasteiger charge is 2.25. The van der Waals surface area contributed by atoms with Crippen LogP contribution in [0.2, 0.25) is 0 Å². The summed E-state index contributed by atoms with van der Waals surface area (Å²) in [5.41, 5.74) is 1.16. The van der Waals surface area contributed by atoms with Crippen LogP contribution in [0.1, 0.15) is 26.2 Å². The Balaban J connectivity index is 2.00. The number of nitrogens with one attached hydrogen (secondary N) is 1. The summed E-state index contributed by atoms with van der Waals surface area (Å²) in [6.45, 7) is 3.91. The molecule has 1 saturated heterocycles. The molecule has 1 aliphatic heterocycles. The lowest BCUT2D eigenvalue weighted by atomic mass is 10.0. The van der Waals surface area contributed by atoms with Crippen molar-refractivity contribution < 1.29 is 14.3 Å². The molecule has 22 heavy (non-hydrogen) atoms. The van der Waals surface area contributed by atoms with Gasteiger partial charge in [-0.25, -0.2) is 0 Å². The van der Waals surface area contributed by atoms with Crippen molar-refractivity contribution in [2.24, 2.45) is 0 Å². The second-order valence-electron chi connectivity index (χ2n) is 5.64. The number of benzene rings is 1. The molecule has 2 rings (SSSR count). The van der Waals surface area contributed by atoms with Crippen molar-refractivity contribution in [2.45, 2.75) is 38.3 Å². The van der Waals surface area contributed by atoms with Crippen molar-refractivity contribution in [3.05, 3.63) is 24.3 Å². The Morgan fingerprint density at radius 3 is 2.95 bits per heavy atom. The predicted octanol–water partition coefficient (Wildman–Crippen LogP) is 2.21. The molecule has 1 heterocycles. The van der Waals surface area contributed by atoms with E-state index in [1.165, 1.54) is 7.11 Å². The molecular formula is C17H26N2O3. The van der Waals surface area contributed by atoms with E-state index in [0.29, 0.717) is 6.04 Å². The van der Waals surface area contributed by atoms with Crippen molar-refractivity contribution >= 4 is 11.7 Å². The van der Waals surface area contributed by atoms with Crippen LogP contribution in [0.25, 0.3) is 0 Å². The lowest BCUT2D eigenvalue weighted by Crippen LogP contribution is -2.51. The first-order chi connectivity index (χ1) is 10.7. The molecule has 0 saturated carbocycles. The van der Waals surface area contributed by atoms with Gasteiger partial charge in [-0.3, -0.25) is 10.1 Å². The fourth-order valence-corrected chi connectivity index (χ4v) is 2.93. The number of hydrogen-bond donors (Lipinski definition) is 1. The van der Waals surface area contributed by atoms with E-state index in [1.54, 1.807) is 7.11 Å². The first kappa shape index (κ1) is 16.6. The number of piperidine rings is 1. The minimum Gasteiger partial charge on any atom is -0.497 e. The maximum atomic E-state index is 11.7. The number of hydrogen-bond acceptors (Lipinski definition) is 5. The van der Waals surface area contributed by atoms with E-state index in [1.807, 2.05) is 19.1 Å². The fourth-order valence-electron chi connectivity index (χ4n) is 2.93. The summed E-state index contributed by atoms with van der Waals surface area (Å²) >= 11 is 0. The molecule has 1 N–H and O–H groups in total. The average molecular weight is 306 g/mol. The van der Waals surface area contributed by atoms with E-state index in [0.717, 1.165) is 43.8 Å². The Labute approximate surface area is 132 Å². The summed E-state index contributed by atoms with van der Waals surface area (Å²) < 4.78 is 10.2. The maximum Gasteiger partial charge on any atom is 0.322 e. The van der Waals surface area contributed by atoms with Crippen LogP contribution in [0.5, 0.6) is 5.75 Å². The molecular weight excluding hydrogens is 280 g/mol. The molecule has 0 unspecified atom stereocenters. The van der Waals surface area contributed by atoms with Crippen molar-refractivity contribution in [3.63, 3.8) is 0 Å². The topological polar surface area (TPSA) is 50.8 Å². The molecule has 0 spiro atoms. The summed E-state index contributed by atoms with van der Waals surface area (Å²) in [5.74, 6) is 0.689. The maximum absolute atomic E-state index is 11.7. The van der Waals surface area contributed by atoms with Gasteiger partial charge < -0.3 is 14.4 Å². The van der Waals surface area contributed by atoms with Crippen LogP contribution in [-0.4, -0.2) is 45.4 Å². The molecule has 0 amide bonds. The third-order valence-electron chi connectivity index (χ3n) is 4.17. The Morgan fingerprint density at radius 1 is 1.45 bits per heavy atom. The molecule has 1 aromatic rings. The standard InChI is InChI=1S/C17H26N2O3/c1-4-16(17(20)22-3)18-13-7-6-10-19(12-13)14-8-5-9-15(11-14)21-2/h5,8-9,11,13,16,18H,4,6-7,10,12H2,1-3H3/t13-,16-/m0/s1. The van der Waals surface area contributed by atoms with Crippen LogP contribution >= 0.6 is 0 Å². The smallest absolute Gasteiger partial charge is 0.322 e. The first-order valence-corrected chi connectivity index (χ1v) is 7.90. The zero-order valence-corrected chi connectivity index (χ0v) is 13.7. The number of carbonyl (C=O) groups excluding carboxylic acids is 1. The Kier molecular flexibility index (Phi) is 6.07. The van der Waals surface area contributed by atoms with Gasteiger partial charge in [0, 0.05) is 30.9 Å². The van der Waals surface area contributed by atoms with Crippen LogP contribution in [0, 0.1) is 0 Å². The van der Waals surface area contributed by atoms with Crippen molar-refractivity contribution in [3.8, 4) is 5.75 Å². The molecule has 0 aromatic heterocycles. The van der Waals surface area contributed by atoms with Crippen LogP contribution in [0.4, 0.5) is 5.69 Å². The van der Waals surface area contributed by atoms with Crippen molar-refractivity contribution in [1.29, 1.82) is 0 Å². The Morgan fingerprint density at radius 2 is 2.27 bits per heavy atom. The quantitative estimate of drug-likeness (QED) is 0.817. The van der Waals surface area contributed by atoms with Gasteiger partial charge in [0.2, 0.25) is 0 Å². The third kappa shape index (κ3) is 4.13. The number of nitrogens with zero attached hydrogens (tertiary/aromatic N) is 1. The van der Waals surface area contributed by atoms with Gasteiger partial charge in [0.15, 0.2) is 0 Å². The van der Waals surface area contributed by atoms with Gasteiger partial charge >= 0.3 is 5.97 Å². The van der Waals surface area contributed by atoms with E-state index in [2.05, 4.69) is 22.3 Å². The zero-order valence-electron chi connectivity index (χ0n) is 13.7. The number of ether oxygens (including phenoxy) is 2. The third-order valence-corrected chi connectivity index (χ3v) is 4.17. The molecule has 1 fully saturated rings. The highest BCUT2D eigenvalue weighted by molar-refractivity contribution is 5.75. The highest BCUT2D eigenvalue weighted by Crippen LogP contribution is 2.24. The number of methoxy groups -OCH3 is 2. The molecule has 5 nitrogen and oxygen atoms in total. The second kappa shape index (κ2) is 8.03. The summed E-state index contributed by atoms with van der Waals surface area (Å²) in [6.07, 6.45) is 2.92. The molecule has 0 bridgehead atoms. The van der Waals surface area contributed by atoms with E-state index >= 15 is 0 Å². The minimum atomic E-state index is -0.222. The van der Waals surface area contributed by atoms with Crippen molar-refractivity contribution in [1.82, 2.24) is 5.32 Å². The number of esters is 1. The molecule has 1 aliphatic rings. The summed E-state index contributed by atoms with van der Waals surface area (Å²) in [4.78, 5) is 14.1. The van der Waals surface area contributed by atoms with Gasteiger partial charge in [-0.2, -0.15) is 0 Å². The first-order valence-electron chi connectivity index (χ1n) is 7.90. The average Bonchev–Trinajstić information content (AvgIpc) is 2.59. The van der Waals surface area contributed by atoms with E-state index in [-0.39, 0.29) is 12.0 Å². The largest absolute Gasteiger partial charge is 0.497 e. The van der Waals surface area contributed by atoms with Crippen LogP contribution < -0.4 is 15.0 Å². The van der Waals surface area contributed by atoms with Gasteiger partial charge in [-0.05, 0) is 31.4 Å². The lowest BCUT2D eigenvalue weighted by molar-refractivity contribution is -0.143. The van der Waals surface area contributed by atoms with E-state index in [4.69, 9.17) is 9.47 Å². The second-order valence-corrected chi connectivity index (χ2v) is 5.64. The van der Waals surface area contributed by atoms with E-state index < -0.39 is 0 Å². The molecule has 1 aromatic carbocycles. The fraction of sp³-hybridized carbons (Fsp3) is 0.588. The lowest BCUT2D eigenvalue weighted by Gasteiger charge is -2.36. The number of anilines is 1. The normalized spacial score (nSPS) is 19.6. The van der Waals surface area contributed by atoms with Crippen molar-refractivity contribution in [2.75, 3.05) is 32.2 Å². The predicted molar refractivity (Wildman–Crippen MR) is 87.5 cm³/mol. The Bertz CT molecular complexity index is 493. The van der Waals surface area contributed by atoms with Crippen LogP contribution in [-0.2, 0) is 9.53 Å². The zero-order chi connectivity index (χ0) is 15.9. The molecule has 0 aliphatic carbocycles. The monoisotopic (exact) mass is 306 g/mol. The van der Waals surface area contributed by atoms with E-state index in [9.17, 15) is 4.79 Å². The van der Waals surface area contributed by atoms with Gasteiger partial charge in [-0.15, -0.1) is 0 Å². The molecule has 2 atom stereocenters. The van der Waals surface area contributed by atoms with Gasteiger partial charge in [0.25, 0.3) is 0 Å². The number of carbonyl (C=O) groups is 1. The SMILES string of the molecule is CC[C@H](N[C@H]1CCCN(c2cccc(OC)c2)C1)C(=O)OC. The molecule has 5 heteroatoms. The molecule has 122 valence electrons. The Hall–Kier alpha value is -1.75. The van der Waals surface area contributed by atoms with Gasteiger partial charge in [0.1, 0.15) is 11.8 Å². The van der Waals surface area contributed by atoms with Gasteiger partial charge in [-0.1, -0.05) is 13.0 Å². The van der Waals surface area contributed by atoms with Crippen LogP contribution in [0.3, 0.4) is 0 Å². The van der Waals surface area contributed by atoms with Gasteiger partial charge in [0.05, 0.1) is 14.2 Å². The summed E-state index contributed by atoms with van der Waals surface area (Å²) in [5, 5.41) is 3.44. The van der Waals surface area contributed by atoms with Crippen LogP contribution in [0.15, 0.2) is 24.3 Å².